The predicted octanol–water partition coefficient (Wildman–Crippen LogP) is 0.956. The molecule has 2 aromatic carbocycles. The lowest BCUT2D eigenvalue weighted by molar-refractivity contribution is -0.137. The topological polar surface area (TPSA) is 186 Å². The molecule has 45 heavy (non-hydrogen) atoms. The number of halogens is 3. The molecule has 1 fully saturated rings. The number of rotatable bonds is 9. The number of alkyl halides is 3. The summed E-state index contributed by atoms with van der Waals surface area (Å²) in [5, 5.41) is 15.2. The third-order valence-corrected chi connectivity index (χ3v) is 7.81. The van der Waals surface area contributed by atoms with Gasteiger partial charge < -0.3 is 42.4 Å². The molecule has 0 spiro atoms. The van der Waals surface area contributed by atoms with Gasteiger partial charge in [0.2, 0.25) is 17.7 Å². The molecule has 0 saturated carbocycles. The van der Waals surface area contributed by atoms with Crippen molar-refractivity contribution in [3.8, 4) is 0 Å². The van der Waals surface area contributed by atoms with Gasteiger partial charge in [-0.05, 0) is 74.0 Å². The van der Waals surface area contributed by atoms with E-state index in [0.29, 0.717) is 30.7 Å². The number of anilines is 1. The van der Waals surface area contributed by atoms with Gasteiger partial charge in [-0.25, -0.2) is 0 Å². The highest BCUT2D eigenvalue weighted by atomic mass is 19.4. The smallest absolute Gasteiger partial charge is 0.423 e. The zero-order valence-electron chi connectivity index (χ0n) is 25.7. The average Bonchev–Trinajstić information content (AvgIpc) is 3.48. The SMILES string of the molecule is CC1(C)OB(O)c2cc(NC(=O)CNC(=O)C(N)CCC(=O)N3CC(N)CC3CN)ccc21.CCc1ccc(C(F)(F)F)cc1. The van der Waals surface area contributed by atoms with Crippen LogP contribution < -0.4 is 33.3 Å². The number of amides is 3. The minimum atomic E-state index is -4.22. The molecule has 0 aromatic heterocycles. The molecule has 246 valence electrons. The summed E-state index contributed by atoms with van der Waals surface area (Å²) in [4.78, 5) is 38.6. The zero-order chi connectivity index (χ0) is 33.5. The van der Waals surface area contributed by atoms with Crippen molar-refractivity contribution >= 4 is 36.0 Å². The van der Waals surface area contributed by atoms with E-state index < -0.39 is 42.3 Å². The van der Waals surface area contributed by atoms with E-state index in [2.05, 4.69) is 10.6 Å². The fourth-order valence-electron chi connectivity index (χ4n) is 5.27. The maximum atomic E-state index is 12.4. The summed E-state index contributed by atoms with van der Waals surface area (Å²) in [6.07, 6.45) is -2.55. The Morgan fingerprint density at radius 3 is 2.44 bits per heavy atom. The van der Waals surface area contributed by atoms with E-state index in [4.69, 9.17) is 21.9 Å². The quantitative estimate of drug-likeness (QED) is 0.220. The largest absolute Gasteiger partial charge is 0.492 e. The van der Waals surface area contributed by atoms with E-state index >= 15 is 0 Å². The Kier molecular flexibility index (Phi) is 12.1. The van der Waals surface area contributed by atoms with E-state index in [1.165, 1.54) is 12.1 Å². The van der Waals surface area contributed by atoms with Gasteiger partial charge in [0.25, 0.3) is 0 Å². The van der Waals surface area contributed by atoms with Crippen LogP contribution in [0.2, 0.25) is 0 Å². The van der Waals surface area contributed by atoms with Crippen LogP contribution in [-0.4, -0.2) is 72.5 Å². The highest BCUT2D eigenvalue weighted by molar-refractivity contribution is 6.62. The van der Waals surface area contributed by atoms with Crippen LogP contribution in [0.3, 0.4) is 0 Å². The van der Waals surface area contributed by atoms with Gasteiger partial charge in [-0.2, -0.15) is 13.2 Å². The third kappa shape index (κ3) is 9.74. The Balaban J connectivity index is 0.000000385. The molecular weight excluding hydrogens is 592 g/mol. The Hall–Kier alpha value is -3.50. The minimum Gasteiger partial charge on any atom is -0.423 e. The minimum absolute atomic E-state index is 0.0841. The number of benzene rings is 2. The van der Waals surface area contributed by atoms with Crippen LogP contribution >= 0.6 is 0 Å². The lowest BCUT2D eigenvalue weighted by Crippen LogP contribution is -2.45. The number of aryl methyl sites for hydroxylation is 1. The zero-order valence-corrected chi connectivity index (χ0v) is 25.7. The number of nitrogens with two attached hydrogens (primary N) is 3. The maximum Gasteiger partial charge on any atom is 0.492 e. The van der Waals surface area contributed by atoms with Crippen LogP contribution in [-0.2, 0) is 37.2 Å². The molecular formula is C30H42BF3N6O5. The lowest BCUT2D eigenvalue weighted by atomic mass is 9.78. The molecule has 2 aliphatic rings. The first-order chi connectivity index (χ1) is 21.0. The number of nitrogens with zero attached hydrogens (tertiary/aromatic N) is 1. The van der Waals surface area contributed by atoms with E-state index in [1.54, 1.807) is 23.1 Å². The van der Waals surface area contributed by atoms with Gasteiger partial charge in [-0.1, -0.05) is 25.1 Å². The van der Waals surface area contributed by atoms with Crippen molar-refractivity contribution in [1.29, 1.82) is 0 Å². The Morgan fingerprint density at radius 2 is 1.84 bits per heavy atom. The van der Waals surface area contributed by atoms with Crippen LogP contribution in [0.25, 0.3) is 0 Å². The summed E-state index contributed by atoms with van der Waals surface area (Å²) >= 11 is 0. The molecule has 1 saturated heterocycles. The van der Waals surface area contributed by atoms with Crippen LogP contribution in [0.15, 0.2) is 42.5 Å². The van der Waals surface area contributed by atoms with Crippen molar-refractivity contribution in [3.05, 3.63) is 59.2 Å². The first kappa shape index (κ1) is 36.0. The van der Waals surface area contributed by atoms with Crippen molar-refractivity contribution < 1.29 is 37.2 Å². The lowest BCUT2D eigenvalue weighted by Gasteiger charge is -2.23. The second kappa shape index (κ2) is 15.2. The highest BCUT2D eigenvalue weighted by Gasteiger charge is 2.40. The molecule has 0 aliphatic carbocycles. The van der Waals surface area contributed by atoms with Crippen LogP contribution in [0.1, 0.15) is 56.7 Å². The molecule has 3 amide bonds. The van der Waals surface area contributed by atoms with E-state index in [0.717, 1.165) is 29.7 Å². The first-order valence-electron chi connectivity index (χ1n) is 14.8. The van der Waals surface area contributed by atoms with Crippen molar-refractivity contribution in [2.75, 3.05) is 25.0 Å². The molecule has 2 heterocycles. The fraction of sp³-hybridized carbons (Fsp3) is 0.500. The molecule has 4 rings (SSSR count). The van der Waals surface area contributed by atoms with Gasteiger partial charge in [-0.15, -0.1) is 0 Å². The average molecular weight is 635 g/mol. The van der Waals surface area contributed by atoms with Crippen molar-refractivity contribution in [3.63, 3.8) is 0 Å². The number of nitrogens with one attached hydrogen (secondary N) is 2. The van der Waals surface area contributed by atoms with E-state index in [-0.39, 0.29) is 37.4 Å². The molecule has 9 N–H and O–H groups in total. The normalized spacial score (nSPS) is 19.3. The number of hydrogen-bond acceptors (Lipinski definition) is 8. The van der Waals surface area contributed by atoms with Crippen molar-refractivity contribution in [2.45, 2.75) is 76.4 Å². The van der Waals surface area contributed by atoms with E-state index in [1.807, 2.05) is 20.8 Å². The molecule has 0 bridgehead atoms. The molecule has 3 unspecified atom stereocenters. The van der Waals surface area contributed by atoms with Crippen LogP contribution in [0.4, 0.5) is 18.9 Å². The van der Waals surface area contributed by atoms with E-state index in [9.17, 15) is 32.6 Å². The molecule has 2 aliphatic heterocycles. The Bertz CT molecular complexity index is 1340. The van der Waals surface area contributed by atoms with Gasteiger partial charge in [0.15, 0.2) is 0 Å². The number of likely N-dealkylation sites (tertiary alicyclic amines) is 1. The molecule has 0 radical (unpaired) electrons. The standard InChI is InChI=1S/C21H33BN6O5.C9H9F3/c1-21(2)15-4-3-13(8-16(15)22(32)33-21)27-18(29)10-26-20(31)17(25)5-6-19(30)28-11-12(24)7-14(28)9-23;1-2-7-3-5-8(6-4-7)9(10,11)12/h3-4,8,12,14,17,32H,5-7,9-11,23-25H2,1-2H3,(H,26,31)(H,27,29);3-6H,2H2,1H3. The summed E-state index contributed by atoms with van der Waals surface area (Å²) in [5.74, 6) is -1.10. The van der Waals surface area contributed by atoms with Crippen LogP contribution in [0.5, 0.6) is 0 Å². The fourth-order valence-corrected chi connectivity index (χ4v) is 5.27. The number of hydrogen-bond donors (Lipinski definition) is 6. The van der Waals surface area contributed by atoms with Crippen LogP contribution in [0, 0.1) is 0 Å². The number of carbonyl (C=O) groups excluding carboxylic acids is 3. The Morgan fingerprint density at radius 1 is 1.18 bits per heavy atom. The summed E-state index contributed by atoms with van der Waals surface area (Å²) in [5.41, 5.74) is 19.1. The Labute approximate surface area is 261 Å². The second-order valence-corrected chi connectivity index (χ2v) is 11.7. The summed E-state index contributed by atoms with van der Waals surface area (Å²) in [7, 11) is -1.07. The third-order valence-electron chi connectivity index (χ3n) is 7.81. The van der Waals surface area contributed by atoms with Crippen molar-refractivity contribution in [1.82, 2.24) is 10.2 Å². The molecule has 15 heteroatoms. The first-order valence-corrected chi connectivity index (χ1v) is 14.8. The number of fused-ring (bicyclic) bond motifs is 1. The highest BCUT2D eigenvalue weighted by Crippen LogP contribution is 2.31. The van der Waals surface area contributed by atoms with Gasteiger partial charge in [0.1, 0.15) is 0 Å². The monoisotopic (exact) mass is 634 g/mol. The maximum absolute atomic E-state index is 12.4. The van der Waals surface area contributed by atoms with Crippen molar-refractivity contribution in [2.24, 2.45) is 17.2 Å². The van der Waals surface area contributed by atoms with Gasteiger partial charge >= 0.3 is 13.3 Å². The summed E-state index contributed by atoms with van der Waals surface area (Å²) in [6, 6.07) is 9.26. The van der Waals surface area contributed by atoms with Gasteiger partial charge in [0, 0.05) is 37.3 Å². The molecule has 2 aromatic rings. The molecule has 3 atom stereocenters. The summed E-state index contributed by atoms with van der Waals surface area (Å²) in [6.45, 7) is 6.12. The van der Waals surface area contributed by atoms with Gasteiger partial charge in [0.05, 0.1) is 23.8 Å². The van der Waals surface area contributed by atoms with Gasteiger partial charge in [-0.3, -0.25) is 14.4 Å². The molecule has 11 nitrogen and oxygen atoms in total. The second-order valence-electron chi connectivity index (χ2n) is 11.7. The summed E-state index contributed by atoms with van der Waals surface area (Å²) < 4.78 is 41.6. The number of carbonyl (C=O) groups is 3. The predicted molar refractivity (Wildman–Crippen MR) is 165 cm³/mol.